The summed E-state index contributed by atoms with van der Waals surface area (Å²) in [6, 6.07) is 8.07. The average molecular weight is 576 g/mol. The summed E-state index contributed by atoms with van der Waals surface area (Å²) >= 11 is 0. The lowest BCUT2D eigenvalue weighted by Gasteiger charge is -2.52. The maximum absolute atomic E-state index is 13.3. The molecule has 6 atom stereocenters. The summed E-state index contributed by atoms with van der Waals surface area (Å²) in [6.45, 7) is 1.73. The second-order valence-electron chi connectivity index (χ2n) is 11.3. The number of benzene rings is 1. The first-order valence-electron chi connectivity index (χ1n) is 14.4. The molecule has 6 rings (SSSR count). The number of piperidine rings is 1. The van der Waals surface area contributed by atoms with Crippen LogP contribution in [0.5, 0.6) is 11.5 Å². The molecule has 10 nitrogen and oxygen atoms in total. The van der Waals surface area contributed by atoms with Crippen molar-refractivity contribution in [2.45, 2.75) is 37.5 Å². The molecule has 1 saturated carbocycles. The number of H-pyrrole nitrogens is 1. The number of rotatable bonds is 7. The van der Waals surface area contributed by atoms with E-state index in [9.17, 15) is 9.59 Å². The van der Waals surface area contributed by atoms with Gasteiger partial charge in [-0.05, 0) is 60.9 Å². The quantitative estimate of drug-likeness (QED) is 0.331. The minimum absolute atomic E-state index is 0.0159. The molecule has 4 heterocycles. The van der Waals surface area contributed by atoms with Crippen LogP contribution in [0.4, 0.5) is 0 Å². The molecule has 222 valence electrons. The van der Waals surface area contributed by atoms with E-state index in [0.717, 1.165) is 37.2 Å². The van der Waals surface area contributed by atoms with Gasteiger partial charge < -0.3 is 28.7 Å². The number of aromatic amines is 1. The van der Waals surface area contributed by atoms with Gasteiger partial charge in [0.05, 0.1) is 39.5 Å². The molecule has 1 N–H and O–H groups in total. The minimum Gasteiger partial charge on any atom is -0.497 e. The molecule has 1 saturated heterocycles. The van der Waals surface area contributed by atoms with Crippen molar-refractivity contribution in [2.75, 3.05) is 41.5 Å². The smallest absolute Gasteiger partial charge is 0.331 e. The van der Waals surface area contributed by atoms with Crippen molar-refractivity contribution in [1.82, 2.24) is 14.9 Å². The number of nitrogens with one attached hydrogen (secondary N) is 1. The normalized spacial score (nSPS) is 27.1. The predicted octanol–water partition coefficient (Wildman–Crippen LogP) is 3.95. The van der Waals surface area contributed by atoms with Gasteiger partial charge in [0.2, 0.25) is 0 Å². The van der Waals surface area contributed by atoms with E-state index in [-0.39, 0.29) is 23.8 Å². The molecule has 2 aliphatic heterocycles. The average Bonchev–Trinajstić information content (AvgIpc) is 3.40. The van der Waals surface area contributed by atoms with Crippen LogP contribution in [0.1, 0.15) is 35.7 Å². The van der Waals surface area contributed by atoms with E-state index in [1.807, 2.05) is 12.1 Å². The number of pyridine rings is 1. The molecule has 1 aromatic carbocycles. The van der Waals surface area contributed by atoms with E-state index in [0.29, 0.717) is 17.7 Å². The molecule has 0 bridgehead atoms. The van der Waals surface area contributed by atoms with Crippen LogP contribution in [0.15, 0.2) is 42.7 Å². The highest BCUT2D eigenvalue weighted by Crippen LogP contribution is 2.50. The number of carbonyl (C=O) groups excluding carboxylic acids is 2. The highest BCUT2D eigenvalue weighted by molar-refractivity contribution is 5.88. The maximum Gasteiger partial charge on any atom is 0.331 e. The lowest BCUT2D eigenvalue weighted by molar-refractivity contribution is -0.187. The monoisotopic (exact) mass is 575 g/mol. The largest absolute Gasteiger partial charge is 0.497 e. The number of methoxy groups -OCH3 is 4. The summed E-state index contributed by atoms with van der Waals surface area (Å²) in [7, 11) is 6.20. The first-order valence-corrected chi connectivity index (χ1v) is 14.4. The van der Waals surface area contributed by atoms with Crippen molar-refractivity contribution in [3.63, 3.8) is 0 Å². The number of carbonyl (C=O) groups is 2. The van der Waals surface area contributed by atoms with Gasteiger partial charge >= 0.3 is 11.9 Å². The Morgan fingerprint density at radius 1 is 1.10 bits per heavy atom. The summed E-state index contributed by atoms with van der Waals surface area (Å²) in [5.41, 5.74) is 4.33. The standard InChI is InChI=1S/C32H37N3O7/c1-38-20-6-7-21-22-10-12-35-17-19-13-26(42-28(36)8-5-18-9-11-33-16-27(18)39-2)31(40-3)29(32(37)41-4)23(19)15-25(35)30(22)34-24(21)14-20/h5-9,11,14,16,19,23,25-26,29,31,34H,10,12-13,15,17H2,1-4H3/b8-5+/t19-,23+,25-,26-,29+,31+/m1/s1. The van der Waals surface area contributed by atoms with E-state index < -0.39 is 24.1 Å². The van der Waals surface area contributed by atoms with Gasteiger partial charge in [0.15, 0.2) is 0 Å². The van der Waals surface area contributed by atoms with Crippen molar-refractivity contribution in [2.24, 2.45) is 17.8 Å². The zero-order valence-electron chi connectivity index (χ0n) is 24.4. The lowest BCUT2D eigenvalue weighted by Crippen LogP contribution is -2.58. The number of fused-ring (bicyclic) bond motifs is 6. The molecule has 0 amide bonds. The van der Waals surface area contributed by atoms with E-state index in [1.165, 1.54) is 29.8 Å². The van der Waals surface area contributed by atoms with Gasteiger partial charge in [-0.3, -0.25) is 14.7 Å². The highest BCUT2D eigenvalue weighted by Gasteiger charge is 2.54. The van der Waals surface area contributed by atoms with Gasteiger partial charge in [-0.1, -0.05) is 0 Å². The molecule has 3 aromatic rings. The summed E-state index contributed by atoms with van der Waals surface area (Å²) in [5.74, 6) is 0.134. The molecule has 0 radical (unpaired) electrons. The Hall–Kier alpha value is -3.89. The van der Waals surface area contributed by atoms with Crippen LogP contribution in [-0.2, 0) is 30.2 Å². The van der Waals surface area contributed by atoms with Crippen LogP contribution in [0.25, 0.3) is 17.0 Å². The van der Waals surface area contributed by atoms with Crippen molar-refractivity contribution in [1.29, 1.82) is 0 Å². The van der Waals surface area contributed by atoms with Gasteiger partial charge in [0.1, 0.15) is 23.7 Å². The van der Waals surface area contributed by atoms with E-state index in [2.05, 4.69) is 20.9 Å². The van der Waals surface area contributed by atoms with E-state index in [1.54, 1.807) is 45.9 Å². The zero-order chi connectivity index (χ0) is 29.4. The van der Waals surface area contributed by atoms with Crippen LogP contribution in [-0.4, -0.2) is 80.5 Å². The summed E-state index contributed by atoms with van der Waals surface area (Å²) in [5, 5.41) is 1.22. The van der Waals surface area contributed by atoms with E-state index in [4.69, 9.17) is 23.7 Å². The Labute approximate surface area is 244 Å². The topological polar surface area (TPSA) is 112 Å². The van der Waals surface area contributed by atoms with Crippen LogP contribution < -0.4 is 9.47 Å². The summed E-state index contributed by atoms with van der Waals surface area (Å²) < 4.78 is 27.9. The van der Waals surface area contributed by atoms with Crippen LogP contribution in [0.2, 0.25) is 0 Å². The second-order valence-corrected chi connectivity index (χ2v) is 11.3. The Morgan fingerprint density at radius 2 is 1.95 bits per heavy atom. The van der Waals surface area contributed by atoms with Crippen LogP contribution in [0.3, 0.4) is 0 Å². The number of hydrogen-bond donors (Lipinski definition) is 1. The molecule has 0 unspecified atom stereocenters. The third kappa shape index (κ3) is 5.03. The Morgan fingerprint density at radius 3 is 2.71 bits per heavy atom. The second kappa shape index (κ2) is 11.8. The zero-order valence-corrected chi connectivity index (χ0v) is 24.4. The summed E-state index contributed by atoms with van der Waals surface area (Å²) in [4.78, 5) is 36.5. The molecule has 1 aliphatic carbocycles. The van der Waals surface area contributed by atoms with Crippen molar-refractivity contribution >= 4 is 28.9 Å². The first-order chi connectivity index (χ1) is 20.4. The van der Waals surface area contributed by atoms with Gasteiger partial charge in [-0.2, -0.15) is 0 Å². The lowest BCUT2D eigenvalue weighted by atomic mass is 9.63. The summed E-state index contributed by atoms with van der Waals surface area (Å²) in [6.07, 6.45) is 7.35. The predicted molar refractivity (Wildman–Crippen MR) is 155 cm³/mol. The molecule has 2 fully saturated rings. The van der Waals surface area contributed by atoms with E-state index >= 15 is 0 Å². The Bertz CT molecular complexity index is 1500. The Kier molecular flexibility index (Phi) is 7.92. The highest BCUT2D eigenvalue weighted by atomic mass is 16.6. The fraction of sp³-hybridized carbons (Fsp3) is 0.469. The minimum atomic E-state index is -0.618. The Balaban J connectivity index is 1.25. The van der Waals surface area contributed by atoms with Gasteiger partial charge in [-0.15, -0.1) is 0 Å². The number of nitrogens with zero attached hydrogens (tertiary/aromatic N) is 2. The molecular formula is C32H37N3O7. The first kappa shape index (κ1) is 28.2. The third-order valence-electron chi connectivity index (χ3n) is 9.30. The molecular weight excluding hydrogens is 538 g/mol. The van der Waals surface area contributed by atoms with Gasteiger partial charge in [-0.25, -0.2) is 4.79 Å². The molecule has 2 aromatic heterocycles. The number of ether oxygens (including phenoxy) is 5. The SMILES string of the molecule is COC(=O)[C@H]1[C@H]2C[C@@H]3c4[nH]c5cc(OC)ccc5c4CCN3C[C@H]2C[C@@H](OC(=O)/C=C/c2ccncc2OC)[C@@H]1OC. The van der Waals surface area contributed by atoms with Crippen LogP contribution in [0, 0.1) is 17.8 Å². The fourth-order valence-corrected chi connectivity index (χ4v) is 7.40. The van der Waals surface area contributed by atoms with Gasteiger partial charge in [0, 0.05) is 60.7 Å². The van der Waals surface area contributed by atoms with Crippen molar-refractivity contribution < 1.29 is 33.3 Å². The van der Waals surface area contributed by atoms with Crippen molar-refractivity contribution in [3.05, 3.63) is 59.6 Å². The molecule has 3 aliphatic rings. The molecule has 0 spiro atoms. The molecule has 10 heteroatoms. The molecule has 42 heavy (non-hydrogen) atoms. The number of esters is 2. The van der Waals surface area contributed by atoms with Gasteiger partial charge in [0.25, 0.3) is 0 Å². The number of hydrogen-bond acceptors (Lipinski definition) is 9. The third-order valence-corrected chi connectivity index (χ3v) is 9.30. The van der Waals surface area contributed by atoms with Crippen molar-refractivity contribution in [3.8, 4) is 11.5 Å². The number of aromatic nitrogens is 2. The van der Waals surface area contributed by atoms with Crippen LogP contribution >= 0.6 is 0 Å². The maximum atomic E-state index is 13.3. The fourth-order valence-electron chi connectivity index (χ4n) is 7.40.